The van der Waals surface area contributed by atoms with E-state index in [0.717, 1.165) is 17.8 Å². The zero-order valence-electron chi connectivity index (χ0n) is 14.8. The molecule has 2 aromatic carbocycles. The standard InChI is InChI=1S/C20H16F2N4O2/c1-12(27)24-14-3-5-15(6-4-14)25-19-9-2-13(11-23-19)20(28)26-16-7-8-17(21)18(22)10-16/h2-11H,1H3,(H,23,25)(H,24,27)(H,26,28). The van der Waals surface area contributed by atoms with Crippen LogP contribution in [0.3, 0.4) is 0 Å². The third-order valence-corrected chi connectivity index (χ3v) is 3.68. The lowest BCUT2D eigenvalue weighted by Gasteiger charge is -2.09. The highest BCUT2D eigenvalue weighted by atomic mass is 19.2. The van der Waals surface area contributed by atoms with E-state index in [0.29, 0.717) is 11.5 Å². The lowest BCUT2D eigenvalue weighted by molar-refractivity contribution is -0.114. The van der Waals surface area contributed by atoms with Crippen LogP contribution in [-0.4, -0.2) is 16.8 Å². The van der Waals surface area contributed by atoms with Crippen molar-refractivity contribution in [2.24, 2.45) is 0 Å². The molecule has 28 heavy (non-hydrogen) atoms. The van der Waals surface area contributed by atoms with Gasteiger partial charge in [-0.2, -0.15) is 0 Å². The monoisotopic (exact) mass is 382 g/mol. The summed E-state index contributed by atoms with van der Waals surface area (Å²) in [6.45, 7) is 1.43. The van der Waals surface area contributed by atoms with Crippen LogP contribution in [0.5, 0.6) is 0 Å². The molecule has 0 fully saturated rings. The number of halogens is 2. The molecule has 8 heteroatoms. The van der Waals surface area contributed by atoms with Crippen molar-refractivity contribution in [1.29, 1.82) is 0 Å². The Bertz CT molecular complexity index is 1010. The lowest BCUT2D eigenvalue weighted by atomic mass is 10.2. The van der Waals surface area contributed by atoms with Crippen molar-refractivity contribution < 1.29 is 18.4 Å². The van der Waals surface area contributed by atoms with Crippen LogP contribution in [0, 0.1) is 11.6 Å². The Morgan fingerprint density at radius 3 is 2.11 bits per heavy atom. The van der Waals surface area contributed by atoms with E-state index in [2.05, 4.69) is 20.9 Å². The van der Waals surface area contributed by atoms with Crippen LogP contribution in [0.4, 0.5) is 31.7 Å². The zero-order valence-corrected chi connectivity index (χ0v) is 14.8. The van der Waals surface area contributed by atoms with E-state index in [-0.39, 0.29) is 17.2 Å². The Hall–Kier alpha value is -3.81. The van der Waals surface area contributed by atoms with Gasteiger partial charge in [-0.3, -0.25) is 9.59 Å². The number of anilines is 4. The molecule has 1 aromatic heterocycles. The van der Waals surface area contributed by atoms with Gasteiger partial charge in [-0.15, -0.1) is 0 Å². The Morgan fingerprint density at radius 1 is 0.821 bits per heavy atom. The van der Waals surface area contributed by atoms with E-state index in [1.807, 2.05) is 0 Å². The van der Waals surface area contributed by atoms with Gasteiger partial charge in [0, 0.05) is 36.2 Å². The summed E-state index contributed by atoms with van der Waals surface area (Å²) in [6, 6.07) is 13.3. The minimum atomic E-state index is -1.04. The maximum absolute atomic E-state index is 13.2. The van der Waals surface area contributed by atoms with Gasteiger partial charge in [-0.05, 0) is 48.5 Å². The molecule has 0 saturated heterocycles. The average Bonchev–Trinajstić information content (AvgIpc) is 2.66. The maximum atomic E-state index is 13.2. The van der Waals surface area contributed by atoms with Gasteiger partial charge in [0.1, 0.15) is 5.82 Å². The van der Waals surface area contributed by atoms with Crippen molar-refractivity contribution in [3.05, 3.63) is 78.0 Å². The summed E-state index contributed by atoms with van der Waals surface area (Å²) in [7, 11) is 0. The van der Waals surface area contributed by atoms with Crippen molar-refractivity contribution in [2.45, 2.75) is 6.92 Å². The average molecular weight is 382 g/mol. The van der Waals surface area contributed by atoms with Crippen LogP contribution >= 0.6 is 0 Å². The van der Waals surface area contributed by atoms with Crippen LogP contribution in [0.2, 0.25) is 0 Å². The number of hydrogen-bond acceptors (Lipinski definition) is 4. The van der Waals surface area contributed by atoms with Gasteiger partial charge in [0.25, 0.3) is 5.91 Å². The van der Waals surface area contributed by atoms with Crippen LogP contribution in [0.25, 0.3) is 0 Å². The summed E-state index contributed by atoms with van der Waals surface area (Å²) in [4.78, 5) is 27.4. The second-order valence-electron chi connectivity index (χ2n) is 5.90. The molecular weight excluding hydrogens is 366 g/mol. The van der Waals surface area contributed by atoms with Crippen molar-refractivity contribution in [3.63, 3.8) is 0 Å². The third-order valence-electron chi connectivity index (χ3n) is 3.68. The summed E-state index contributed by atoms with van der Waals surface area (Å²) >= 11 is 0. The number of rotatable bonds is 5. The second kappa shape index (κ2) is 8.26. The van der Waals surface area contributed by atoms with E-state index < -0.39 is 17.5 Å². The fourth-order valence-corrected chi connectivity index (χ4v) is 2.37. The molecule has 0 saturated carbocycles. The first-order valence-corrected chi connectivity index (χ1v) is 8.28. The molecule has 3 aromatic rings. The first-order valence-electron chi connectivity index (χ1n) is 8.28. The fourth-order valence-electron chi connectivity index (χ4n) is 2.37. The number of hydrogen-bond donors (Lipinski definition) is 3. The summed E-state index contributed by atoms with van der Waals surface area (Å²) in [5.74, 6) is -2.17. The minimum Gasteiger partial charge on any atom is -0.340 e. The molecule has 1 heterocycles. The van der Waals surface area contributed by atoms with Crippen LogP contribution < -0.4 is 16.0 Å². The summed E-state index contributed by atoms with van der Waals surface area (Å²) in [5.41, 5.74) is 1.83. The van der Waals surface area contributed by atoms with Gasteiger partial charge in [-0.25, -0.2) is 13.8 Å². The molecular formula is C20H16F2N4O2. The van der Waals surface area contributed by atoms with Crippen molar-refractivity contribution in [1.82, 2.24) is 4.98 Å². The van der Waals surface area contributed by atoms with E-state index in [4.69, 9.17) is 0 Å². The predicted octanol–water partition coefficient (Wildman–Crippen LogP) is 4.31. The van der Waals surface area contributed by atoms with Gasteiger partial charge >= 0.3 is 0 Å². The molecule has 0 spiro atoms. The van der Waals surface area contributed by atoms with Crippen LogP contribution in [-0.2, 0) is 4.79 Å². The predicted molar refractivity (Wildman–Crippen MR) is 103 cm³/mol. The highest BCUT2D eigenvalue weighted by Crippen LogP contribution is 2.18. The highest BCUT2D eigenvalue weighted by molar-refractivity contribution is 6.04. The number of aromatic nitrogens is 1. The number of carbonyl (C=O) groups excluding carboxylic acids is 2. The number of benzene rings is 2. The van der Waals surface area contributed by atoms with Gasteiger partial charge in [0.15, 0.2) is 11.6 Å². The molecule has 3 N–H and O–H groups in total. The first-order chi connectivity index (χ1) is 13.4. The number of carbonyl (C=O) groups is 2. The molecule has 6 nitrogen and oxygen atoms in total. The highest BCUT2D eigenvalue weighted by Gasteiger charge is 2.09. The van der Waals surface area contributed by atoms with Crippen molar-refractivity contribution in [3.8, 4) is 0 Å². The Balaban J connectivity index is 1.63. The van der Waals surface area contributed by atoms with E-state index in [9.17, 15) is 18.4 Å². The first kappa shape index (κ1) is 19.0. The van der Waals surface area contributed by atoms with Gasteiger partial charge < -0.3 is 16.0 Å². The fraction of sp³-hybridized carbons (Fsp3) is 0.0500. The topological polar surface area (TPSA) is 83.1 Å². The zero-order chi connectivity index (χ0) is 20.1. The smallest absolute Gasteiger partial charge is 0.257 e. The summed E-state index contributed by atoms with van der Waals surface area (Å²) < 4.78 is 26.1. The molecule has 0 radical (unpaired) electrons. The van der Waals surface area contributed by atoms with Crippen LogP contribution in [0.1, 0.15) is 17.3 Å². The quantitative estimate of drug-likeness (QED) is 0.614. The molecule has 0 unspecified atom stereocenters. The van der Waals surface area contributed by atoms with Crippen LogP contribution in [0.15, 0.2) is 60.8 Å². The molecule has 0 aliphatic heterocycles. The molecule has 0 aliphatic carbocycles. The third kappa shape index (κ3) is 4.88. The maximum Gasteiger partial charge on any atom is 0.257 e. The van der Waals surface area contributed by atoms with E-state index in [1.165, 1.54) is 19.2 Å². The molecule has 2 amide bonds. The molecule has 0 aliphatic rings. The van der Waals surface area contributed by atoms with Gasteiger partial charge in [0.2, 0.25) is 5.91 Å². The largest absolute Gasteiger partial charge is 0.340 e. The summed E-state index contributed by atoms with van der Waals surface area (Å²) in [6.07, 6.45) is 1.36. The number of nitrogens with one attached hydrogen (secondary N) is 3. The number of pyridine rings is 1. The minimum absolute atomic E-state index is 0.144. The van der Waals surface area contributed by atoms with Crippen molar-refractivity contribution in [2.75, 3.05) is 16.0 Å². The molecule has 0 atom stereocenters. The Morgan fingerprint density at radius 2 is 1.50 bits per heavy atom. The normalized spacial score (nSPS) is 10.2. The molecule has 142 valence electrons. The van der Waals surface area contributed by atoms with E-state index >= 15 is 0 Å². The molecule has 0 bridgehead atoms. The van der Waals surface area contributed by atoms with E-state index in [1.54, 1.807) is 36.4 Å². The number of amides is 2. The lowest BCUT2D eigenvalue weighted by Crippen LogP contribution is -2.12. The van der Waals surface area contributed by atoms with Crippen molar-refractivity contribution >= 4 is 34.7 Å². The summed E-state index contributed by atoms with van der Waals surface area (Å²) in [5, 5.41) is 8.22. The Labute approximate surface area is 159 Å². The van der Waals surface area contributed by atoms with Gasteiger partial charge in [0.05, 0.1) is 5.56 Å². The number of nitrogens with zero attached hydrogens (tertiary/aromatic N) is 1. The second-order valence-corrected chi connectivity index (χ2v) is 5.90. The molecule has 3 rings (SSSR count). The Kier molecular flexibility index (Phi) is 5.59. The van der Waals surface area contributed by atoms with Gasteiger partial charge in [-0.1, -0.05) is 0 Å². The SMILES string of the molecule is CC(=O)Nc1ccc(Nc2ccc(C(=O)Nc3ccc(F)c(F)c3)cn2)cc1.